The van der Waals surface area contributed by atoms with E-state index < -0.39 is 0 Å². The van der Waals surface area contributed by atoms with Gasteiger partial charge in [0.15, 0.2) is 0 Å². The lowest BCUT2D eigenvalue weighted by atomic mass is 10.1. The van der Waals surface area contributed by atoms with Gasteiger partial charge < -0.3 is 0 Å². The van der Waals surface area contributed by atoms with E-state index in [1.165, 1.54) is 22.7 Å². The van der Waals surface area contributed by atoms with Gasteiger partial charge in [0.05, 0.1) is 10.6 Å². The van der Waals surface area contributed by atoms with E-state index in [-0.39, 0.29) is 11.8 Å². The van der Waals surface area contributed by atoms with Crippen LogP contribution in [-0.2, 0) is 9.59 Å². The van der Waals surface area contributed by atoms with Crippen LogP contribution in [0.2, 0.25) is 0 Å². The molecule has 0 unspecified atom stereocenters. The van der Waals surface area contributed by atoms with E-state index in [1.54, 1.807) is 0 Å². The van der Waals surface area contributed by atoms with E-state index >= 15 is 0 Å². The number of thioether (sulfide) groups is 1. The molecule has 1 aliphatic rings. The maximum absolute atomic E-state index is 12.6. The molecule has 0 atom stereocenters. The molecule has 110 valence electrons. The molecule has 0 aliphatic carbocycles. The molecule has 0 saturated heterocycles. The molecule has 3 nitrogen and oxygen atoms in total. The third-order valence-corrected chi connectivity index (χ3v) is 4.54. The van der Waals surface area contributed by atoms with E-state index in [1.807, 2.05) is 62.4 Å². The molecule has 0 fully saturated rings. The standard InChI is InChI=1S/C18H15NO2S/c1-12-7-6-8-13(2)17(12)19-16(20)11-15(18(19)21)22-14-9-4-3-5-10-14/h3-11H,1-2H3. The number of anilines is 1. The molecule has 0 bridgehead atoms. The summed E-state index contributed by atoms with van der Waals surface area (Å²) < 4.78 is 0. The molecular weight excluding hydrogens is 294 g/mol. The largest absolute Gasteiger partial charge is 0.272 e. The van der Waals surface area contributed by atoms with Crippen LogP contribution in [0.25, 0.3) is 0 Å². The van der Waals surface area contributed by atoms with Gasteiger partial charge in [-0.05, 0) is 37.1 Å². The normalized spacial score (nSPS) is 14.5. The van der Waals surface area contributed by atoms with Crippen LogP contribution in [0.5, 0.6) is 0 Å². The van der Waals surface area contributed by atoms with Gasteiger partial charge in [-0.2, -0.15) is 0 Å². The second-order valence-corrected chi connectivity index (χ2v) is 6.26. The summed E-state index contributed by atoms with van der Waals surface area (Å²) in [4.78, 5) is 27.6. The summed E-state index contributed by atoms with van der Waals surface area (Å²) in [6.07, 6.45) is 1.42. The van der Waals surface area contributed by atoms with Crippen molar-refractivity contribution in [3.8, 4) is 0 Å². The Bertz CT molecular complexity index is 761. The van der Waals surface area contributed by atoms with E-state index in [4.69, 9.17) is 0 Å². The van der Waals surface area contributed by atoms with Crippen molar-refractivity contribution in [2.24, 2.45) is 0 Å². The van der Waals surface area contributed by atoms with Crippen molar-refractivity contribution in [3.63, 3.8) is 0 Å². The van der Waals surface area contributed by atoms with Gasteiger partial charge in [0.1, 0.15) is 0 Å². The van der Waals surface area contributed by atoms with Crippen LogP contribution in [0.4, 0.5) is 5.69 Å². The van der Waals surface area contributed by atoms with Crippen molar-refractivity contribution < 1.29 is 9.59 Å². The summed E-state index contributed by atoms with van der Waals surface area (Å²) >= 11 is 1.32. The average Bonchev–Trinajstić information content (AvgIpc) is 2.76. The third-order valence-electron chi connectivity index (χ3n) is 3.52. The Hall–Kier alpha value is -2.33. The maximum Gasteiger partial charge on any atom is 0.272 e. The van der Waals surface area contributed by atoms with Crippen molar-refractivity contribution in [2.75, 3.05) is 4.90 Å². The van der Waals surface area contributed by atoms with Crippen LogP contribution < -0.4 is 4.90 Å². The molecule has 0 aromatic heterocycles. The summed E-state index contributed by atoms with van der Waals surface area (Å²) in [6.45, 7) is 3.82. The molecule has 3 rings (SSSR count). The Labute approximate surface area is 133 Å². The van der Waals surface area contributed by atoms with E-state index in [9.17, 15) is 9.59 Å². The Morgan fingerprint density at radius 3 is 2.14 bits per heavy atom. The maximum atomic E-state index is 12.6. The second-order valence-electron chi connectivity index (χ2n) is 5.14. The number of benzene rings is 2. The molecular formula is C18H15NO2S. The van der Waals surface area contributed by atoms with Gasteiger partial charge in [-0.25, -0.2) is 4.90 Å². The highest BCUT2D eigenvalue weighted by Crippen LogP contribution is 2.35. The van der Waals surface area contributed by atoms with Crippen LogP contribution in [0.1, 0.15) is 11.1 Å². The fourth-order valence-corrected chi connectivity index (χ4v) is 3.39. The van der Waals surface area contributed by atoms with Gasteiger partial charge in [0, 0.05) is 11.0 Å². The molecule has 0 radical (unpaired) electrons. The minimum absolute atomic E-state index is 0.253. The van der Waals surface area contributed by atoms with Crippen molar-refractivity contribution in [1.29, 1.82) is 0 Å². The number of carbonyl (C=O) groups is 2. The number of para-hydroxylation sites is 1. The van der Waals surface area contributed by atoms with Crippen LogP contribution in [-0.4, -0.2) is 11.8 Å². The van der Waals surface area contributed by atoms with Gasteiger partial charge >= 0.3 is 0 Å². The summed E-state index contributed by atoms with van der Waals surface area (Å²) in [6, 6.07) is 15.3. The van der Waals surface area contributed by atoms with E-state index in [2.05, 4.69) is 0 Å². The highest BCUT2D eigenvalue weighted by Gasteiger charge is 2.34. The fraction of sp³-hybridized carbons (Fsp3) is 0.111. The zero-order chi connectivity index (χ0) is 15.7. The summed E-state index contributed by atoms with van der Waals surface area (Å²) in [5, 5.41) is 0. The van der Waals surface area contributed by atoms with Crippen molar-refractivity contribution >= 4 is 29.3 Å². The number of amides is 2. The quantitative estimate of drug-likeness (QED) is 0.808. The number of imide groups is 1. The molecule has 2 aromatic carbocycles. The molecule has 0 saturated carbocycles. The molecule has 0 spiro atoms. The van der Waals surface area contributed by atoms with Crippen molar-refractivity contribution in [2.45, 2.75) is 18.7 Å². The Balaban J connectivity index is 1.92. The van der Waals surface area contributed by atoms with E-state index in [0.29, 0.717) is 10.6 Å². The lowest BCUT2D eigenvalue weighted by Crippen LogP contribution is -2.31. The number of hydrogen-bond donors (Lipinski definition) is 0. The number of nitrogens with zero attached hydrogens (tertiary/aromatic N) is 1. The zero-order valence-corrected chi connectivity index (χ0v) is 13.2. The van der Waals surface area contributed by atoms with Crippen molar-refractivity contribution in [3.05, 3.63) is 70.6 Å². The average molecular weight is 309 g/mol. The molecule has 1 aliphatic heterocycles. The number of aryl methyl sites for hydroxylation is 2. The van der Waals surface area contributed by atoms with E-state index in [0.717, 1.165) is 16.0 Å². The molecule has 1 heterocycles. The monoisotopic (exact) mass is 309 g/mol. The third kappa shape index (κ3) is 2.57. The first-order chi connectivity index (χ1) is 10.6. The van der Waals surface area contributed by atoms with Gasteiger partial charge in [-0.1, -0.05) is 48.2 Å². The summed E-state index contributed by atoms with van der Waals surface area (Å²) in [5.74, 6) is -0.530. The first kappa shape index (κ1) is 14.6. The second kappa shape index (κ2) is 5.81. The zero-order valence-electron chi connectivity index (χ0n) is 12.4. The predicted molar refractivity (Wildman–Crippen MR) is 88.8 cm³/mol. The summed E-state index contributed by atoms with van der Waals surface area (Å²) in [5.41, 5.74) is 2.53. The van der Waals surface area contributed by atoms with Gasteiger partial charge in [0.25, 0.3) is 11.8 Å². The van der Waals surface area contributed by atoms with Crippen molar-refractivity contribution in [1.82, 2.24) is 0 Å². The number of rotatable bonds is 3. The first-order valence-electron chi connectivity index (χ1n) is 6.97. The van der Waals surface area contributed by atoms with Gasteiger partial charge in [0.2, 0.25) is 0 Å². The fourth-order valence-electron chi connectivity index (χ4n) is 2.51. The van der Waals surface area contributed by atoms with Crippen LogP contribution >= 0.6 is 11.8 Å². The molecule has 0 N–H and O–H groups in total. The Morgan fingerprint density at radius 1 is 0.864 bits per heavy atom. The highest BCUT2D eigenvalue weighted by molar-refractivity contribution is 8.04. The molecule has 2 aromatic rings. The topological polar surface area (TPSA) is 37.4 Å². The predicted octanol–water partition coefficient (Wildman–Crippen LogP) is 3.85. The Morgan fingerprint density at radius 2 is 1.50 bits per heavy atom. The minimum Gasteiger partial charge on any atom is -0.269 e. The lowest BCUT2D eigenvalue weighted by Gasteiger charge is -2.19. The number of hydrogen-bond acceptors (Lipinski definition) is 3. The number of carbonyl (C=O) groups excluding carboxylic acids is 2. The molecule has 4 heteroatoms. The molecule has 2 amide bonds. The lowest BCUT2D eigenvalue weighted by molar-refractivity contribution is -0.120. The first-order valence-corrected chi connectivity index (χ1v) is 7.79. The van der Waals surface area contributed by atoms with Gasteiger partial charge in [-0.3, -0.25) is 9.59 Å². The summed E-state index contributed by atoms with van der Waals surface area (Å²) in [7, 11) is 0. The highest BCUT2D eigenvalue weighted by atomic mass is 32.2. The minimum atomic E-state index is -0.277. The van der Waals surface area contributed by atoms with Crippen LogP contribution in [0, 0.1) is 13.8 Å². The molecule has 22 heavy (non-hydrogen) atoms. The van der Waals surface area contributed by atoms with Crippen LogP contribution in [0.15, 0.2) is 64.4 Å². The van der Waals surface area contributed by atoms with Crippen LogP contribution in [0.3, 0.4) is 0 Å². The SMILES string of the molecule is Cc1cccc(C)c1N1C(=O)C=C(Sc2ccccc2)C1=O. The Kier molecular flexibility index (Phi) is 3.86. The van der Waals surface area contributed by atoms with Gasteiger partial charge in [-0.15, -0.1) is 0 Å². The smallest absolute Gasteiger partial charge is 0.269 e.